The van der Waals surface area contributed by atoms with Gasteiger partial charge in [-0.25, -0.2) is 24.9 Å². The molecule has 0 unspecified atom stereocenters. The molecule has 2 aliphatic rings. The van der Waals surface area contributed by atoms with Gasteiger partial charge in [-0.3, -0.25) is 0 Å². The Balaban J connectivity index is 1.22. The quantitative estimate of drug-likeness (QED) is 0.522. The van der Waals surface area contributed by atoms with E-state index in [-0.39, 0.29) is 0 Å². The lowest BCUT2D eigenvalue weighted by atomic mass is 10.0. The van der Waals surface area contributed by atoms with E-state index in [1.54, 1.807) is 6.33 Å². The zero-order valence-corrected chi connectivity index (χ0v) is 18.4. The molecule has 1 fully saturated rings. The molecule has 4 aromatic rings. The van der Waals surface area contributed by atoms with Crippen molar-refractivity contribution in [2.75, 3.05) is 43.4 Å². The molecular formula is C25H24N8. The van der Waals surface area contributed by atoms with Gasteiger partial charge in [0, 0.05) is 73.9 Å². The van der Waals surface area contributed by atoms with Crippen LogP contribution in [0.4, 0.5) is 17.5 Å². The summed E-state index contributed by atoms with van der Waals surface area (Å²) in [5, 5.41) is 4.39. The van der Waals surface area contributed by atoms with E-state index in [9.17, 15) is 0 Å². The zero-order valence-electron chi connectivity index (χ0n) is 18.4. The van der Waals surface area contributed by atoms with Gasteiger partial charge in [0.1, 0.15) is 12.1 Å². The molecule has 0 amide bonds. The summed E-state index contributed by atoms with van der Waals surface area (Å²) in [6, 6.07) is 10.3. The molecule has 1 aromatic carbocycles. The number of hydrogen-bond donors (Lipinski definition) is 1. The standard InChI is InChI=1S/C25H24N8/c1-32-8-10-33(11-9-32)24-13-19(6-7-27-24)30-25-28-15-21-20(3-5-23(21)31-25)17-2-4-22-18(12-17)14-26-16-29-22/h2-4,6-7,12-16H,5,8-11H2,1H3,(H,27,28,30,31). The normalized spacial score (nSPS) is 16.0. The molecular weight excluding hydrogens is 412 g/mol. The van der Waals surface area contributed by atoms with Gasteiger partial charge in [-0.15, -0.1) is 0 Å². The number of fused-ring (bicyclic) bond motifs is 2. The lowest BCUT2D eigenvalue weighted by molar-refractivity contribution is 0.312. The Hall–Kier alpha value is -3.91. The van der Waals surface area contributed by atoms with Crippen LogP contribution in [-0.4, -0.2) is 63.0 Å². The Labute approximate surface area is 192 Å². The molecule has 8 nitrogen and oxygen atoms in total. The van der Waals surface area contributed by atoms with Crippen LogP contribution in [0.3, 0.4) is 0 Å². The summed E-state index contributed by atoms with van der Waals surface area (Å²) in [7, 11) is 2.16. The SMILES string of the molecule is CN1CCN(c2cc(Nc3ncc4c(n3)CC=C4c3ccc4ncncc4c3)ccn2)CC1. The van der Waals surface area contributed by atoms with E-state index in [2.05, 4.69) is 66.4 Å². The first-order chi connectivity index (χ1) is 16.2. The molecule has 3 aromatic heterocycles. The summed E-state index contributed by atoms with van der Waals surface area (Å²) in [4.78, 5) is 27.1. The minimum absolute atomic E-state index is 0.603. The maximum Gasteiger partial charge on any atom is 0.227 e. The highest BCUT2D eigenvalue weighted by molar-refractivity contribution is 5.89. The molecule has 1 aliphatic carbocycles. The third-order valence-electron chi connectivity index (χ3n) is 6.30. The number of benzene rings is 1. The molecule has 6 rings (SSSR count). The van der Waals surface area contributed by atoms with E-state index < -0.39 is 0 Å². The predicted octanol–water partition coefficient (Wildman–Crippen LogP) is 3.30. The van der Waals surface area contributed by atoms with Crippen molar-refractivity contribution in [1.29, 1.82) is 0 Å². The van der Waals surface area contributed by atoms with Crippen LogP contribution >= 0.6 is 0 Å². The Morgan fingerprint density at radius 2 is 1.85 bits per heavy atom. The van der Waals surface area contributed by atoms with Crippen molar-refractivity contribution in [3.8, 4) is 0 Å². The van der Waals surface area contributed by atoms with Gasteiger partial charge >= 0.3 is 0 Å². The van der Waals surface area contributed by atoms with Gasteiger partial charge in [0.25, 0.3) is 0 Å². The summed E-state index contributed by atoms with van der Waals surface area (Å²) in [6.45, 7) is 4.06. The van der Waals surface area contributed by atoms with Crippen LogP contribution in [0.15, 0.2) is 61.3 Å². The van der Waals surface area contributed by atoms with Crippen LogP contribution in [0.25, 0.3) is 16.5 Å². The van der Waals surface area contributed by atoms with Gasteiger partial charge in [-0.2, -0.15) is 0 Å². The number of hydrogen-bond acceptors (Lipinski definition) is 8. The molecule has 164 valence electrons. The van der Waals surface area contributed by atoms with Gasteiger partial charge in [0.05, 0.1) is 11.2 Å². The van der Waals surface area contributed by atoms with Crippen LogP contribution in [-0.2, 0) is 6.42 Å². The summed E-state index contributed by atoms with van der Waals surface area (Å²) in [5.41, 5.74) is 6.27. The number of nitrogens with zero attached hydrogens (tertiary/aromatic N) is 7. The first-order valence-corrected chi connectivity index (χ1v) is 11.2. The number of likely N-dealkylation sites (N-methyl/N-ethyl adjacent to an activating group) is 1. The van der Waals surface area contributed by atoms with E-state index in [1.165, 1.54) is 0 Å². The minimum Gasteiger partial charge on any atom is -0.354 e. The lowest BCUT2D eigenvalue weighted by Crippen LogP contribution is -2.44. The van der Waals surface area contributed by atoms with Gasteiger partial charge in [0.15, 0.2) is 0 Å². The van der Waals surface area contributed by atoms with Crippen molar-refractivity contribution >= 4 is 33.9 Å². The Bertz CT molecular complexity index is 1360. The third kappa shape index (κ3) is 3.89. The highest BCUT2D eigenvalue weighted by atomic mass is 15.3. The van der Waals surface area contributed by atoms with E-state index in [1.807, 2.05) is 30.7 Å². The van der Waals surface area contributed by atoms with Gasteiger partial charge in [-0.1, -0.05) is 12.1 Å². The molecule has 1 N–H and O–H groups in total. The first kappa shape index (κ1) is 19.8. The number of rotatable bonds is 4. The summed E-state index contributed by atoms with van der Waals surface area (Å²) in [6.07, 6.45) is 10.2. The van der Waals surface area contributed by atoms with Crippen LogP contribution < -0.4 is 10.2 Å². The number of allylic oxidation sites excluding steroid dienone is 1. The van der Waals surface area contributed by atoms with Crippen LogP contribution in [0.2, 0.25) is 0 Å². The van der Waals surface area contributed by atoms with Crippen LogP contribution in [0.5, 0.6) is 0 Å². The second-order valence-corrected chi connectivity index (χ2v) is 8.49. The Kier molecular flexibility index (Phi) is 4.92. The van der Waals surface area contributed by atoms with Crippen molar-refractivity contribution < 1.29 is 0 Å². The predicted molar refractivity (Wildman–Crippen MR) is 130 cm³/mol. The second kappa shape index (κ2) is 8.22. The Morgan fingerprint density at radius 3 is 2.76 bits per heavy atom. The van der Waals surface area contributed by atoms with Crippen LogP contribution in [0.1, 0.15) is 16.8 Å². The summed E-state index contributed by atoms with van der Waals surface area (Å²) in [5.74, 6) is 1.59. The molecule has 8 heteroatoms. The van der Waals surface area contributed by atoms with Crippen molar-refractivity contribution in [2.24, 2.45) is 0 Å². The molecule has 0 spiro atoms. The van der Waals surface area contributed by atoms with Crippen molar-refractivity contribution in [3.63, 3.8) is 0 Å². The van der Waals surface area contributed by atoms with Gasteiger partial charge in [0.2, 0.25) is 5.95 Å². The van der Waals surface area contributed by atoms with Crippen molar-refractivity contribution in [1.82, 2.24) is 29.8 Å². The van der Waals surface area contributed by atoms with Crippen LogP contribution in [0, 0.1) is 0 Å². The van der Waals surface area contributed by atoms with Crippen molar-refractivity contribution in [2.45, 2.75) is 6.42 Å². The maximum atomic E-state index is 4.80. The number of piperazine rings is 1. The maximum absolute atomic E-state index is 4.80. The molecule has 33 heavy (non-hydrogen) atoms. The van der Waals surface area contributed by atoms with Gasteiger partial charge < -0.3 is 15.1 Å². The minimum atomic E-state index is 0.603. The molecule has 1 aliphatic heterocycles. The molecule has 0 bridgehead atoms. The Morgan fingerprint density at radius 1 is 0.939 bits per heavy atom. The fourth-order valence-corrected chi connectivity index (χ4v) is 4.43. The zero-order chi connectivity index (χ0) is 22.2. The average molecular weight is 437 g/mol. The summed E-state index contributed by atoms with van der Waals surface area (Å²) >= 11 is 0. The smallest absolute Gasteiger partial charge is 0.227 e. The van der Waals surface area contributed by atoms with Crippen molar-refractivity contribution in [3.05, 3.63) is 78.1 Å². The van der Waals surface area contributed by atoms with E-state index in [0.717, 1.165) is 77.4 Å². The highest BCUT2D eigenvalue weighted by Crippen LogP contribution is 2.33. The topological polar surface area (TPSA) is 83.0 Å². The molecule has 1 saturated heterocycles. The average Bonchev–Trinajstić information content (AvgIpc) is 3.28. The third-order valence-corrected chi connectivity index (χ3v) is 6.30. The largest absolute Gasteiger partial charge is 0.354 e. The fourth-order valence-electron chi connectivity index (χ4n) is 4.43. The molecule has 0 saturated carbocycles. The van der Waals surface area contributed by atoms with E-state index in [4.69, 9.17) is 4.98 Å². The number of nitrogens with one attached hydrogen (secondary N) is 1. The van der Waals surface area contributed by atoms with Gasteiger partial charge in [-0.05, 0) is 36.4 Å². The number of anilines is 3. The monoisotopic (exact) mass is 436 g/mol. The lowest BCUT2D eigenvalue weighted by Gasteiger charge is -2.33. The molecule has 0 radical (unpaired) electrons. The number of aromatic nitrogens is 5. The summed E-state index contributed by atoms with van der Waals surface area (Å²) < 4.78 is 0. The highest BCUT2D eigenvalue weighted by Gasteiger charge is 2.19. The van der Waals surface area contributed by atoms with E-state index >= 15 is 0 Å². The molecule has 4 heterocycles. The fraction of sp³-hybridized carbons (Fsp3) is 0.240. The first-order valence-electron chi connectivity index (χ1n) is 11.2. The number of pyridine rings is 1. The second-order valence-electron chi connectivity index (χ2n) is 8.49. The molecule has 0 atom stereocenters. The van der Waals surface area contributed by atoms with E-state index in [0.29, 0.717) is 5.95 Å².